The van der Waals surface area contributed by atoms with Gasteiger partial charge in [-0.05, 0) is 61.0 Å². The fourth-order valence-electron chi connectivity index (χ4n) is 4.05. The third-order valence-corrected chi connectivity index (χ3v) is 5.86. The monoisotopic (exact) mass is 490 g/mol. The second-order valence-electron chi connectivity index (χ2n) is 8.32. The van der Waals surface area contributed by atoms with Gasteiger partial charge in [-0.25, -0.2) is 5.43 Å². The van der Waals surface area contributed by atoms with Gasteiger partial charge in [0.1, 0.15) is 11.5 Å². The summed E-state index contributed by atoms with van der Waals surface area (Å²) in [6.07, 6.45) is 1.38. The lowest BCUT2D eigenvalue weighted by atomic mass is 10.1. The number of nitrogens with one attached hydrogen (secondary N) is 1. The Kier molecular flexibility index (Phi) is 6.46. The average Bonchev–Trinajstić information content (AvgIpc) is 3.56. The molecule has 0 spiro atoms. The highest BCUT2D eigenvalue weighted by molar-refractivity contribution is 5.95. The summed E-state index contributed by atoms with van der Waals surface area (Å²) in [6, 6.07) is 31.1. The molecule has 37 heavy (non-hydrogen) atoms. The molecule has 0 radical (unpaired) electrons. The van der Waals surface area contributed by atoms with Crippen LogP contribution in [0.5, 0.6) is 0 Å². The van der Waals surface area contributed by atoms with Crippen molar-refractivity contribution in [1.29, 1.82) is 0 Å². The van der Waals surface area contributed by atoms with Crippen molar-refractivity contribution in [1.82, 2.24) is 9.99 Å². The van der Waals surface area contributed by atoms with Gasteiger partial charge in [0.25, 0.3) is 11.6 Å². The number of hydrazone groups is 1. The van der Waals surface area contributed by atoms with E-state index in [9.17, 15) is 14.9 Å². The first-order chi connectivity index (χ1) is 18.0. The van der Waals surface area contributed by atoms with E-state index >= 15 is 0 Å². The van der Waals surface area contributed by atoms with E-state index in [4.69, 9.17) is 4.42 Å². The van der Waals surface area contributed by atoms with Gasteiger partial charge < -0.3 is 8.98 Å². The highest BCUT2D eigenvalue weighted by Gasteiger charge is 2.12. The molecule has 0 aliphatic heterocycles. The van der Waals surface area contributed by atoms with Crippen LogP contribution in [0.25, 0.3) is 28.3 Å². The molecule has 8 heteroatoms. The minimum Gasteiger partial charge on any atom is -0.455 e. The second-order valence-corrected chi connectivity index (χ2v) is 8.32. The molecule has 0 bridgehead atoms. The zero-order valence-electron chi connectivity index (χ0n) is 19.9. The van der Waals surface area contributed by atoms with Crippen LogP contribution < -0.4 is 5.43 Å². The predicted molar refractivity (Wildman–Crippen MR) is 142 cm³/mol. The van der Waals surface area contributed by atoms with Crippen molar-refractivity contribution in [2.45, 2.75) is 6.92 Å². The van der Waals surface area contributed by atoms with E-state index in [0.29, 0.717) is 22.6 Å². The molecule has 1 N–H and O–H groups in total. The summed E-state index contributed by atoms with van der Waals surface area (Å²) in [7, 11) is 0. The molecule has 5 rings (SSSR count). The van der Waals surface area contributed by atoms with Crippen LogP contribution in [0.4, 0.5) is 5.69 Å². The van der Waals surface area contributed by atoms with Crippen LogP contribution in [0.1, 0.15) is 21.8 Å². The number of aryl methyl sites for hydroxylation is 1. The van der Waals surface area contributed by atoms with E-state index in [0.717, 1.165) is 22.6 Å². The maximum absolute atomic E-state index is 12.6. The van der Waals surface area contributed by atoms with Gasteiger partial charge in [-0.2, -0.15) is 5.10 Å². The molecule has 1 amide bonds. The van der Waals surface area contributed by atoms with Crippen molar-refractivity contribution in [3.63, 3.8) is 0 Å². The number of aromatic nitrogens is 1. The van der Waals surface area contributed by atoms with E-state index < -0.39 is 4.92 Å². The predicted octanol–water partition coefficient (Wildman–Crippen LogP) is 6.38. The summed E-state index contributed by atoms with van der Waals surface area (Å²) in [4.78, 5) is 23.1. The Morgan fingerprint density at radius 1 is 0.919 bits per heavy atom. The number of benzene rings is 3. The van der Waals surface area contributed by atoms with Gasteiger partial charge in [0.05, 0.1) is 16.8 Å². The Balaban J connectivity index is 1.26. The van der Waals surface area contributed by atoms with Crippen molar-refractivity contribution in [3.8, 4) is 28.3 Å². The fraction of sp³-hybridized carbons (Fsp3) is 0.0345. The number of hydrogen-bond acceptors (Lipinski definition) is 5. The number of hydrogen-bond donors (Lipinski definition) is 1. The average molecular weight is 491 g/mol. The first kappa shape index (κ1) is 23.5. The molecule has 0 unspecified atom stereocenters. The Labute approximate surface area is 212 Å². The largest absolute Gasteiger partial charge is 0.455 e. The highest BCUT2D eigenvalue weighted by Crippen LogP contribution is 2.27. The van der Waals surface area contributed by atoms with Gasteiger partial charge in [-0.3, -0.25) is 14.9 Å². The summed E-state index contributed by atoms with van der Waals surface area (Å²) in [5.74, 6) is 0.497. The van der Waals surface area contributed by atoms with Crippen LogP contribution in [-0.4, -0.2) is 21.6 Å². The van der Waals surface area contributed by atoms with Crippen molar-refractivity contribution in [3.05, 3.63) is 130 Å². The van der Waals surface area contributed by atoms with E-state index in [1.165, 1.54) is 18.3 Å². The third-order valence-electron chi connectivity index (χ3n) is 5.86. The van der Waals surface area contributed by atoms with E-state index in [2.05, 4.69) is 39.4 Å². The van der Waals surface area contributed by atoms with Gasteiger partial charge in [-0.1, -0.05) is 42.5 Å². The number of carbonyl (C=O) groups excluding carboxylic acids is 1. The molecule has 2 heterocycles. The molecule has 182 valence electrons. The molecule has 3 aromatic carbocycles. The number of carbonyl (C=O) groups is 1. The standard InChI is InChI=1S/C29H22N4O4/c1-20-10-16-27(21-6-3-2-4-7-21)32(20)24-13-11-22(12-14-24)29(34)31-30-19-26-15-17-28(37-26)23-8-5-9-25(18-23)33(35)36/h2-19H,1H3,(H,31,34)/b30-19+. The fourth-order valence-corrected chi connectivity index (χ4v) is 4.05. The van der Waals surface area contributed by atoms with E-state index in [1.54, 1.807) is 36.4 Å². The summed E-state index contributed by atoms with van der Waals surface area (Å²) < 4.78 is 7.83. The van der Waals surface area contributed by atoms with Gasteiger partial charge in [0.2, 0.25) is 0 Å². The van der Waals surface area contributed by atoms with Crippen molar-refractivity contribution in [2.75, 3.05) is 0 Å². The summed E-state index contributed by atoms with van der Waals surface area (Å²) in [5.41, 5.74) is 7.73. The molecule has 0 saturated carbocycles. The topological polar surface area (TPSA) is 103 Å². The van der Waals surface area contributed by atoms with Crippen LogP contribution >= 0.6 is 0 Å². The van der Waals surface area contributed by atoms with Gasteiger partial charge in [0, 0.05) is 34.6 Å². The van der Waals surface area contributed by atoms with Crippen LogP contribution in [0.15, 0.2) is 113 Å². The molecule has 0 fully saturated rings. The Bertz CT molecular complexity index is 1600. The number of rotatable bonds is 7. The number of nitrogens with zero attached hydrogens (tertiary/aromatic N) is 3. The second kappa shape index (κ2) is 10.2. The smallest absolute Gasteiger partial charge is 0.271 e. The van der Waals surface area contributed by atoms with Gasteiger partial charge in [-0.15, -0.1) is 0 Å². The highest BCUT2D eigenvalue weighted by atomic mass is 16.6. The van der Waals surface area contributed by atoms with Crippen LogP contribution in [-0.2, 0) is 0 Å². The molecular formula is C29H22N4O4. The van der Waals surface area contributed by atoms with Gasteiger partial charge in [0.15, 0.2) is 0 Å². The Morgan fingerprint density at radius 2 is 1.68 bits per heavy atom. The lowest BCUT2D eigenvalue weighted by Gasteiger charge is -2.12. The minimum absolute atomic E-state index is 0.0226. The normalized spacial score (nSPS) is 11.1. The summed E-state index contributed by atoms with van der Waals surface area (Å²) >= 11 is 0. The maximum atomic E-state index is 12.6. The van der Waals surface area contributed by atoms with Crippen molar-refractivity contribution >= 4 is 17.8 Å². The Hall–Kier alpha value is -5.24. The summed E-state index contributed by atoms with van der Waals surface area (Å²) in [5, 5.41) is 15.0. The molecule has 0 saturated heterocycles. The molecule has 0 aliphatic carbocycles. The molecule has 0 atom stereocenters. The zero-order chi connectivity index (χ0) is 25.8. The number of nitro benzene ring substituents is 1. The molecule has 8 nitrogen and oxygen atoms in total. The van der Waals surface area contributed by atoms with Crippen molar-refractivity contribution in [2.24, 2.45) is 5.10 Å². The molecular weight excluding hydrogens is 468 g/mol. The van der Waals surface area contributed by atoms with Gasteiger partial charge >= 0.3 is 0 Å². The summed E-state index contributed by atoms with van der Waals surface area (Å²) in [6.45, 7) is 2.04. The quantitative estimate of drug-likeness (QED) is 0.162. The maximum Gasteiger partial charge on any atom is 0.271 e. The number of furan rings is 1. The lowest BCUT2D eigenvalue weighted by molar-refractivity contribution is -0.384. The lowest BCUT2D eigenvalue weighted by Crippen LogP contribution is -2.17. The molecule has 2 aromatic heterocycles. The molecule has 0 aliphatic rings. The molecule has 5 aromatic rings. The number of non-ortho nitro benzene ring substituents is 1. The van der Waals surface area contributed by atoms with Crippen molar-refractivity contribution < 1.29 is 14.1 Å². The van der Waals surface area contributed by atoms with E-state index in [-0.39, 0.29) is 11.6 Å². The van der Waals surface area contributed by atoms with Crippen LogP contribution in [0, 0.1) is 17.0 Å². The minimum atomic E-state index is -0.460. The zero-order valence-corrected chi connectivity index (χ0v) is 19.9. The number of amides is 1. The van der Waals surface area contributed by atoms with Crippen LogP contribution in [0.2, 0.25) is 0 Å². The first-order valence-corrected chi connectivity index (χ1v) is 11.5. The number of nitro groups is 1. The van der Waals surface area contributed by atoms with Crippen LogP contribution in [0.3, 0.4) is 0 Å². The first-order valence-electron chi connectivity index (χ1n) is 11.5. The van der Waals surface area contributed by atoms with E-state index in [1.807, 2.05) is 37.3 Å². The Morgan fingerprint density at radius 3 is 2.43 bits per heavy atom. The SMILES string of the molecule is Cc1ccc(-c2ccccc2)n1-c1ccc(C(=O)N/N=C/c2ccc(-c3cccc([N+](=O)[O-])c3)o2)cc1. The third kappa shape index (κ3) is 5.08.